The van der Waals surface area contributed by atoms with Crippen LogP contribution < -0.4 is 0 Å². The maximum Gasteiger partial charge on any atom is 0.159 e. The van der Waals surface area contributed by atoms with Gasteiger partial charge in [-0.25, -0.2) is 9.97 Å². The Morgan fingerprint density at radius 3 is 2.44 bits per heavy atom. The molecule has 2 aromatic rings. The molecule has 2 rings (SSSR count). The minimum Gasteiger partial charge on any atom is -0.504 e. The van der Waals surface area contributed by atoms with Crippen LogP contribution in [-0.4, -0.2) is 25.3 Å². The van der Waals surface area contributed by atoms with Gasteiger partial charge < -0.3 is 15.3 Å². The van der Waals surface area contributed by atoms with Crippen molar-refractivity contribution in [1.29, 1.82) is 0 Å². The molecule has 18 heavy (non-hydrogen) atoms. The molecule has 5 nitrogen and oxygen atoms in total. The zero-order chi connectivity index (χ0) is 13.3. The van der Waals surface area contributed by atoms with E-state index in [1.54, 1.807) is 26.1 Å². The summed E-state index contributed by atoms with van der Waals surface area (Å²) in [6.07, 6.45) is 0.943. The fraction of sp³-hybridized carbons (Fsp3) is 0.231. The minimum atomic E-state index is -0.618. The number of nitrogens with zero attached hydrogens (tertiary/aromatic N) is 2. The van der Waals surface area contributed by atoms with Crippen molar-refractivity contribution in [3.63, 3.8) is 0 Å². The molecule has 0 unspecified atom stereocenters. The Morgan fingerprint density at radius 1 is 1.17 bits per heavy atom. The predicted molar refractivity (Wildman–Crippen MR) is 66.2 cm³/mol. The Labute approximate surface area is 104 Å². The number of aliphatic hydroxyl groups excluding tert-OH is 1. The normalized spacial score (nSPS) is 12.4. The maximum atomic E-state index is 9.49. The summed E-state index contributed by atoms with van der Waals surface area (Å²) in [6.45, 7) is 3.44. The van der Waals surface area contributed by atoms with Crippen LogP contribution in [0.25, 0.3) is 11.4 Å². The number of hydrogen-bond donors (Lipinski definition) is 3. The predicted octanol–water partition coefficient (Wildman–Crippen LogP) is 1.92. The number of hydrogen-bond acceptors (Lipinski definition) is 5. The number of phenols is 2. The first-order chi connectivity index (χ1) is 8.49. The van der Waals surface area contributed by atoms with Crippen molar-refractivity contribution >= 4 is 0 Å². The summed E-state index contributed by atoms with van der Waals surface area (Å²) >= 11 is 0. The van der Waals surface area contributed by atoms with Gasteiger partial charge in [0.05, 0.1) is 6.10 Å². The van der Waals surface area contributed by atoms with E-state index in [1.807, 2.05) is 0 Å². The first kappa shape index (κ1) is 12.3. The summed E-state index contributed by atoms with van der Waals surface area (Å²) in [6, 6.07) is 4.39. The number of rotatable bonds is 2. The van der Waals surface area contributed by atoms with Crippen molar-refractivity contribution in [2.45, 2.75) is 20.0 Å². The van der Waals surface area contributed by atoms with Crippen molar-refractivity contribution in [2.24, 2.45) is 0 Å². The second kappa shape index (κ2) is 4.62. The molecule has 0 amide bonds. The molecule has 0 saturated heterocycles. The second-order valence-corrected chi connectivity index (χ2v) is 4.11. The topological polar surface area (TPSA) is 86.5 Å². The molecule has 0 radical (unpaired) electrons. The number of phenolic OH excluding ortho intramolecular Hbond substituents is 2. The van der Waals surface area contributed by atoms with Gasteiger partial charge in [-0.1, -0.05) is 0 Å². The van der Waals surface area contributed by atoms with Gasteiger partial charge in [0.25, 0.3) is 0 Å². The van der Waals surface area contributed by atoms with Gasteiger partial charge in [0, 0.05) is 23.0 Å². The number of aliphatic hydroxyl groups is 1. The van der Waals surface area contributed by atoms with Crippen molar-refractivity contribution in [2.75, 3.05) is 0 Å². The lowest BCUT2D eigenvalue weighted by Gasteiger charge is -2.09. The monoisotopic (exact) mass is 246 g/mol. The Hall–Kier alpha value is -2.14. The lowest BCUT2D eigenvalue weighted by molar-refractivity contribution is 0.197. The van der Waals surface area contributed by atoms with Gasteiger partial charge in [0.2, 0.25) is 0 Å². The molecule has 5 heteroatoms. The Balaban J connectivity index is 2.45. The first-order valence-corrected chi connectivity index (χ1v) is 5.53. The van der Waals surface area contributed by atoms with Crippen LogP contribution in [0.4, 0.5) is 0 Å². The first-order valence-electron chi connectivity index (χ1n) is 5.53. The molecule has 0 aliphatic rings. The fourth-order valence-corrected chi connectivity index (χ4v) is 1.69. The molecule has 0 aliphatic heterocycles. The minimum absolute atomic E-state index is 0.184. The zero-order valence-corrected chi connectivity index (χ0v) is 10.1. The van der Waals surface area contributed by atoms with Crippen LogP contribution in [0.1, 0.15) is 24.3 Å². The van der Waals surface area contributed by atoms with Crippen LogP contribution in [-0.2, 0) is 0 Å². The molecule has 0 saturated carbocycles. The largest absolute Gasteiger partial charge is 0.504 e. The van der Waals surface area contributed by atoms with E-state index < -0.39 is 6.10 Å². The van der Waals surface area contributed by atoms with Crippen LogP contribution in [0.2, 0.25) is 0 Å². The Morgan fingerprint density at radius 2 is 1.89 bits per heavy atom. The highest BCUT2D eigenvalue weighted by Gasteiger charge is 2.10. The molecule has 94 valence electrons. The summed E-state index contributed by atoms with van der Waals surface area (Å²) in [5.41, 5.74) is 1.95. The smallest absolute Gasteiger partial charge is 0.159 e. The van der Waals surface area contributed by atoms with E-state index in [0.717, 1.165) is 0 Å². The van der Waals surface area contributed by atoms with Crippen molar-refractivity contribution in [3.05, 3.63) is 35.7 Å². The van der Waals surface area contributed by atoms with E-state index in [4.69, 9.17) is 0 Å². The van der Waals surface area contributed by atoms with Gasteiger partial charge in [-0.05, 0) is 32.0 Å². The average molecular weight is 246 g/mol. The van der Waals surface area contributed by atoms with Crippen LogP contribution >= 0.6 is 0 Å². The maximum absolute atomic E-state index is 9.49. The molecule has 0 spiro atoms. The lowest BCUT2D eigenvalue weighted by Crippen LogP contribution is -2.01. The summed E-state index contributed by atoms with van der Waals surface area (Å²) in [7, 11) is 0. The summed E-state index contributed by atoms with van der Waals surface area (Å²) < 4.78 is 0. The zero-order valence-electron chi connectivity index (χ0n) is 10.1. The van der Waals surface area contributed by atoms with Crippen LogP contribution in [0, 0.1) is 6.92 Å². The molecule has 0 fully saturated rings. The quantitative estimate of drug-likeness (QED) is 0.705. The van der Waals surface area contributed by atoms with Crippen molar-refractivity contribution in [1.82, 2.24) is 9.97 Å². The van der Waals surface area contributed by atoms with E-state index in [1.165, 1.54) is 12.1 Å². The molecular formula is C13H14N2O3. The van der Waals surface area contributed by atoms with E-state index in [2.05, 4.69) is 9.97 Å². The van der Waals surface area contributed by atoms with E-state index in [-0.39, 0.29) is 11.5 Å². The molecule has 0 bridgehead atoms. The number of aryl methyl sites for hydroxylation is 1. The van der Waals surface area contributed by atoms with Crippen LogP contribution in [0.15, 0.2) is 24.4 Å². The number of aromatic nitrogens is 2. The Kier molecular flexibility index (Phi) is 3.16. The van der Waals surface area contributed by atoms with Gasteiger partial charge >= 0.3 is 0 Å². The molecular weight excluding hydrogens is 232 g/mol. The number of benzene rings is 1. The van der Waals surface area contributed by atoms with Gasteiger partial charge in [-0.3, -0.25) is 0 Å². The summed E-state index contributed by atoms with van der Waals surface area (Å²) in [5, 5.41) is 28.2. The van der Waals surface area contributed by atoms with Crippen LogP contribution in [0.5, 0.6) is 11.5 Å². The standard InChI is InChI=1S/C13H14N2O3/c1-7-10(8(2)16)6-14-13(15-7)9-3-4-11(17)12(18)5-9/h3-6,8,16-18H,1-2H3/t8-/m1/s1. The van der Waals surface area contributed by atoms with Crippen molar-refractivity contribution < 1.29 is 15.3 Å². The molecule has 1 atom stereocenters. The highest BCUT2D eigenvalue weighted by atomic mass is 16.3. The molecule has 3 N–H and O–H groups in total. The third-order valence-electron chi connectivity index (χ3n) is 2.70. The molecule has 0 aliphatic carbocycles. The number of aromatic hydroxyl groups is 2. The van der Waals surface area contributed by atoms with Gasteiger partial charge in [0.15, 0.2) is 17.3 Å². The average Bonchev–Trinajstić information content (AvgIpc) is 2.32. The summed E-state index contributed by atoms with van der Waals surface area (Å²) in [5.74, 6) is 0.0385. The van der Waals surface area contributed by atoms with Crippen molar-refractivity contribution in [3.8, 4) is 22.9 Å². The summed E-state index contributed by atoms with van der Waals surface area (Å²) in [4.78, 5) is 8.41. The van der Waals surface area contributed by atoms with Crippen LogP contribution in [0.3, 0.4) is 0 Å². The highest BCUT2D eigenvalue weighted by Crippen LogP contribution is 2.29. The highest BCUT2D eigenvalue weighted by molar-refractivity contribution is 5.60. The fourth-order valence-electron chi connectivity index (χ4n) is 1.69. The van der Waals surface area contributed by atoms with Gasteiger partial charge in [-0.2, -0.15) is 0 Å². The molecule has 1 aromatic carbocycles. The third kappa shape index (κ3) is 2.26. The lowest BCUT2D eigenvalue weighted by atomic mass is 10.1. The van der Waals surface area contributed by atoms with E-state index >= 15 is 0 Å². The SMILES string of the molecule is Cc1nc(-c2ccc(O)c(O)c2)ncc1[C@@H](C)O. The van der Waals surface area contributed by atoms with Gasteiger partial charge in [-0.15, -0.1) is 0 Å². The Bertz CT molecular complexity index is 582. The van der Waals surface area contributed by atoms with E-state index in [0.29, 0.717) is 22.6 Å². The third-order valence-corrected chi connectivity index (χ3v) is 2.70. The second-order valence-electron chi connectivity index (χ2n) is 4.11. The van der Waals surface area contributed by atoms with Gasteiger partial charge in [0.1, 0.15) is 0 Å². The molecule has 1 aromatic heterocycles. The van der Waals surface area contributed by atoms with E-state index in [9.17, 15) is 15.3 Å². The molecule has 1 heterocycles.